The molecule has 1 aromatic rings. The Morgan fingerprint density at radius 3 is 2.47 bits per heavy atom. The molecule has 1 spiro atoms. The summed E-state index contributed by atoms with van der Waals surface area (Å²) in [6.07, 6.45) is 7.76. The van der Waals surface area contributed by atoms with Crippen LogP contribution in [0.3, 0.4) is 0 Å². The normalized spacial score (nSPS) is 18.1. The van der Waals surface area contributed by atoms with Gasteiger partial charge in [0.1, 0.15) is 11.5 Å². The number of hydrogen-bond acceptors (Lipinski definition) is 5. The van der Waals surface area contributed by atoms with E-state index >= 15 is 0 Å². The van der Waals surface area contributed by atoms with Crippen LogP contribution in [0, 0.1) is 0 Å². The number of nitrogens with one attached hydrogen (secondary N) is 1. The number of amides is 3. The first kappa shape index (κ1) is 27.2. The minimum atomic E-state index is -0.417. The van der Waals surface area contributed by atoms with Gasteiger partial charge < -0.3 is 24.6 Å². The number of ether oxygens (including phenoxy) is 2. The fourth-order valence-electron chi connectivity index (χ4n) is 5.47. The Morgan fingerprint density at radius 1 is 1.19 bits per heavy atom. The second-order valence-electron chi connectivity index (χ2n) is 8.82. The molecule has 0 atom stereocenters. The van der Waals surface area contributed by atoms with E-state index < -0.39 is 5.54 Å². The molecule has 0 saturated carbocycles. The summed E-state index contributed by atoms with van der Waals surface area (Å²) in [5, 5.41) is 2.93. The molecule has 0 bridgehead atoms. The van der Waals surface area contributed by atoms with E-state index in [0.29, 0.717) is 56.9 Å². The Bertz CT molecular complexity index is 1050. The summed E-state index contributed by atoms with van der Waals surface area (Å²) in [5.41, 5.74) is 3.09. The number of methoxy groups -OCH3 is 2. The van der Waals surface area contributed by atoms with E-state index in [1.807, 2.05) is 60.6 Å². The fourth-order valence-corrected chi connectivity index (χ4v) is 5.47. The maximum Gasteiger partial charge on any atom is 0.325 e. The number of rotatable bonds is 6. The monoisotopic (exact) mass is 496 g/mol. The Balaban J connectivity index is 0.00000176. The van der Waals surface area contributed by atoms with Gasteiger partial charge in [-0.3, -0.25) is 9.69 Å². The van der Waals surface area contributed by atoms with Gasteiger partial charge in [-0.15, -0.1) is 0 Å². The van der Waals surface area contributed by atoms with Gasteiger partial charge in [0.15, 0.2) is 0 Å². The van der Waals surface area contributed by atoms with Crippen molar-refractivity contribution >= 4 is 11.9 Å². The van der Waals surface area contributed by atoms with Crippen LogP contribution >= 0.6 is 0 Å². The van der Waals surface area contributed by atoms with Crippen LogP contribution in [0.25, 0.3) is 0 Å². The van der Waals surface area contributed by atoms with Crippen molar-refractivity contribution in [1.82, 2.24) is 20.0 Å². The van der Waals surface area contributed by atoms with Gasteiger partial charge in [-0.05, 0) is 50.9 Å². The SMILES string of the molecule is C=C(N/C=C\C)C(=O)N1CCC2(CC1)C1=CCc3c(cc(OC)cc3OC)CN1C(=O)N2CC.CC. The van der Waals surface area contributed by atoms with E-state index in [1.54, 1.807) is 20.4 Å². The first-order valence-corrected chi connectivity index (χ1v) is 12.8. The Morgan fingerprint density at radius 2 is 1.89 bits per heavy atom. The minimum absolute atomic E-state index is 0.0160. The average Bonchev–Trinajstić information content (AvgIpc) is 3.03. The first-order chi connectivity index (χ1) is 17.4. The first-order valence-electron chi connectivity index (χ1n) is 12.8. The number of benzene rings is 1. The highest BCUT2D eigenvalue weighted by atomic mass is 16.5. The number of likely N-dealkylation sites (tertiary alicyclic amines) is 1. The van der Waals surface area contributed by atoms with Crippen molar-refractivity contribution < 1.29 is 19.1 Å². The molecule has 196 valence electrons. The third-order valence-electron chi connectivity index (χ3n) is 7.18. The number of carbonyl (C=O) groups is 2. The van der Waals surface area contributed by atoms with E-state index in [-0.39, 0.29) is 11.9 Å². The van der Waals surface area contributed by atoms with Crippen molar-refractivity contribution in [1.29, 1.82) is 0 Å². The van der Waals surface area contributed by atoms with Crippen LogP contribution in [0.4, 0.5) is 4.79 Å². The molecular formula is C28H40N4O4. The lowest BCUT2D eigenvalue weighted by atomic mass is 9.83. The highest BCUT2D eigenvalue weighted by molar-refractivity contribution is 5.92. The minimum Gasteiger partial charge on any atom is -0.497 e. The van der Waals surface area contributed by atoms with Crippen molar-refractivity contribution in [2.75, 3.05) is 33.9 Å². The molecule has 0 aromatic heterocycles. The number of allylic oxidation sites excluding steroid dienone is 2. The predicted molar refractivity (Wildman–Crippen MR) is 142 cm³/mol. The summed E-state index contributed by atoms with van der Waals surface area (Å²) in [6, 6.07) is 3.90. The maximum atomic E-state index is 13.6. The number of likely N-dealkylation sites (N-methyl/N-ethyl adjacent to an activating group) is 1. The third kappa shape index (κ3) is 4.68. The lowest BCUT2D eigenvalue weighted by Crippen LogP contribution is -2.55. The van der Waals surface area contributed by atoms with Crippen LogP contribution in [-0.4, -0.2) is 66.0 Å². The number of piperidine rings is 1. The Labute approximate surface area is 215 Å². The summed E-state index contributed by atoms with van der Waals surface area (Å²) >= 11 is 0. The molecule has 3 aliphatic rings. The number of nitrogens with zero attached hydrogens (tertiary/aromatic N) is 3. The van der Waals surface area contributed by atoms with Crippen LogP contribution < -0.4 is 14.8 Å². The molecule has 2 fully saturated rings. The van der Waals surface area contributed by atoms with Crippen LogP contribution in [0.15, 0.2) is 48.5 Å². The maximum absolute atomic E-state index is 13.6. The summed E-state index contributed by atoms with van der Waals surface area (Å²) in [4.78, 5) is 32.1. The van der Waals surface area contributed by atoms with Crippen LogP contribution in [0.5, 0.6) is 11.5 Å². The number of carbonyl (C=O) groups excluding carboxylic acids is 2. The van der Waals surface area contributed by atoms with E-state index in [2.05, 4.69) is 18.0 Å². The van der Waals surface area contributed by atoms with Crippen molar-refractivity contribution in [3.63, 3.8) is 0 Å². The van der Waals surface area contributed by atoms with Crippen molar-refractivity contribution in [3.05, 3.63) is 59.6 Å². The summed E-state index contributed by atoms with van der Waals surface area (Å²) in [6.45, 7) is 14.0. The quantitative estimate of drug-likeness (QED) is 0.590. The number of urea groups is 1. The van der Waals surface area contributed by atoms with Gasteiger partial charge in [0, 0.05) is 37.0 Å². The van der Waals surface area contributed by atoms with Gasteiger partial charge in [0.05, 0.1) is 32.0 Å². The molecule has 2 saturated heterocycles. The molecular weight excluding hydrogens is 456 g/mol. The zero-order valence-corrected chi connectivity index (χ0v) is 22.5. The van der Waals surface area contributed by atoms with E-state index in [9.17, 15) is 9.59 Å². The Hall–Kier alpha value is -3.42. The molecule has 3 heterocycles. The summed E-state index contributed by atoms with van der Waals surface area (Å²) in [5.74, 6) is 1.39. The zero-order chi connectivity index (χ0) is 26.5. The van der Waals surface area contributed by atoms with Crippen molar-refractivity contribution in [2.24, 2.45) is 0 Å². The molecule has 8 nitrogen and oxygen atoms in total. The zero-order valence-electron chi connectivity index (χ0n) is 22.5. The molecule has 1 aromatic carbocycles. The third-order valence-corrected chi connectivity index (χ3v) is 7.18. The van der Waals surface area contributed by atoms with Gasteiger partial charge in [0.2, 0.25) is 0 Å². The summed E-state index contributed by atoms with van der Waals surface area (Å²) < 4.78 is 11.1. The second kappa shape index (κ2) is 11.5. The highest BCUT2D eigenvalue weighted by Gasteiger charge is 2.54. The van der Waals surface area contributed by atoms with Crippen LogP contribution in [0.1, 0.15) is 51.7 Å². The average molecular weight is 497 g/mol. The predicted octanol–water partition coefficient (Wildman–Crippen LogP) is 4.43. The van der Waals surface area contributed by atoms with Gasteiger partial charge in [-0.2, -0.15) is 0 Å². The van der Waals surface area contributed by atoms with Gasteiger partial charge in [-0.25, -0.2) is 4.79 Å². The second-order valence-corrected chi connectivity index (χ2v) is 8.82. The molecule has 0 aliphatic carbocycles. The highest BCUT2D eigenvalue weighted by Crippen LogP contribution is 2.46. The molecule has 8 heteroatoms. The van der Waals surface area contributed by atoms with Gasteiger partial charge >= 0.3 is 6.03 Å². The molecule has 0 unspecified atom stereocenters. The lowest BCUT2D eigenvalue weighted by molar-refractivity contribution is -0.129. The molecule has 0 radical (unpaired) electrons. The fraction of sp³-hybridized carbons (Fsp3) is 0.500. The lowest BCUT2D eigenvalue weighted by Gasteiger charge is -2.44. The van der Waals surface area contributed by atoms with E-state index in [4.69, 9.17) is 9.47 Å². The van der Waals surface area contributed by atoms with Crippen molar-refractivity contribution in [2.45, 2.75) is 59.0 Å². The topological polar surface area (TPSA) is 74.4 Å². The largest absolute Gasteiger partial charge is 0.497 e. The van der Waals surface area contributed by atoms with Gasteiger partial charge in [-0.1, -0.05) is 32.6 Å². The van der Waals surface area contributed by atoms with Crippen LogP contribution in [-0.2, 0) is 17.8 Å². The Kier molecular flexibility index (Phi) is 8.71. The molecule has 3 aliphatic heterocycles. The van der Waals surface area contributed by atoms with Crippen molar-refractivity contribution in [3.8, 4) is 11.5 Å². The molecule has 3 amide bonds. The van der Waals surface area contributed by atoms with Gasteiger partial charge in [0.25, 0.3) is 5.91 Å². The number of hydrogen-bond donors (Lipinski definition) is 1. The van der Waals surface area contributed by atoms with E-state index in [0.717, 1.165) is 22.6 Å². The van der Waals surface area contributed by atoms with E-state index in [1.165, 1.54) is 0 Å². The number of fused-ring (bicyclic) bond motifs is 3. The standard InChI is InChI=1S/C26H34N4O4.C2H6/c1-6-12-27-18(3)24(31)28-13-10-26(11-14-28)23-9-8-21-19(15-20(33-4)16-22(21)34-5)17-29(23)25(32)30(26)7-2;1-2/h6,9,12,15-16,27H,3,7-8,10-11,13-14,17H2,1-2,4-5H3;1-2H3/b12-6-;. The van der Waals surface area contributed by atoms with Crippen LogP contribution in [0.2, 0.25) is 0 Å². The molecule has 4 rings (SSSR count). The molecule has 36 heavy (non-hydrogen) atoms. The summed E-state index contributed by atoms with van der Waals surface area (Å²) in [7, 11) is 3.29. The molecule has 1 N–H and O–H groups in total. The smallest absolute Gasteiger partial charge is 0.325 e.